The molecule has 0 atom stereocenters. The number of rotatable bonds is 7. The van der Waals surface area contributed by atoms with E-state index in [1.54, 1.807) is 7.11 Å². The molecule has 1 saturated heterocycles. The Morgan fingerprint density at radius 2 is 1.82 bits per heavy atom. The standard InChI is InChI=1S/C24H32ClN5O2S/c1-28(18-6-4-3-5-7-18)22-16-21(25)26-24(27-22)33-17-23(31)30-14-12-29(13-15-30)19-8-10-20(32-2)11-9-19/h8-11,16,18H,3-7,12-15,17H2,1-2H3. The molecule has 9 heteroatoms. The van der Waals surface area contributed by atoms with Gasteiger partial charge in [0.05, 0.1) is 12.9 Å². The van der Waals surface area contributed by atoms with Gasteiger partial charge in [0.25, 0.3) is 0 Å². The van der Waals surface area contributed by atoms with Crippen molar-refractivity contribution in [2.24, 2.45) is 0 Å². The van der Waals surface area contributed by atoms with E-state index in [0.717, 1.165) is 30.3 Å². The topological polar surface area (TPSA) is 61.8 Å². The third-order valence-corrected chi connectivity index (χ3v) is 7.57. The van der Waals surface area contributed by atoms with E-state index in [2.05, 4.69) is 34.0 Å². The van der Waals surface area contributed by atoms with Gasteiger partial charge in [-0.15, -0.1) is 0 Å². The van der Waals surface area contributed by atoms with Crippen LogP contribution in [0, 0.1) is 0 Å². The molecule has 2 fully saturated rings. The lowest BCUT2D eigenvalue weighted by Gasteiger charge is -2.36. The van der Waals surface area contributed by atoms with Crippen LogP contribution in [0.5, 0.6) is 5.75 Å². The highest BCUT2D eigenvalue weighted by atomic mass is 35.5. The van der Waals surface area contributed by atoms with Gasteiger partial charge in [-0.3, -0.25) is 4.79 Å². The van der Waals surface area contributed by atoms with Crippen molar-refractivity contribution in [3.8, 4) is 5.75 Å². The fourth-order valence-corrected chi connectivity index (χ4v) is 5.49. The molecule has 0 unspecified atom stereocenters. The fourth-order valence-electron chi connectivity index (χ4n) is 4.51. The summed E-state index contributed by atoms with van der Waals surface area (Å²) in [6.07, 6.45) is 6.20. The highest BCUT2D eigenvalue weighted by molar-refractivity contribution is 7.99. The summed E-state index contributed by atoms with van der Waals surface area (Å²) in [5.74, 6) is 2.11. The molecule has 0 bridgehead atoms. The first-order valence-electron chi connectivity index (χ1n) is 11.6. The molecule has 0 radical (unpaired) electrons. The van der Waals surface area contributed by atoms with Crippen LogP contribution in [0.1, 0.15) is 32.1 Å². The number of piperazine rings is 1. The van der Waals surface area contributed by atoms with Crippen molar-refractivity contribution in [3.05, 3.63) is 35.5 Å². The molecule has 1 aliphatic heterocycles. The maximum absolute atomic E-state index is 12.8. The molecule has 0 N–H and O–H groups in total. The Morgan fingerprint density at radius 1 is 1.12 bits per heavy atom. The first-order valence-corrected chi connectivity index (χ1v) is 13.0. The zero-order valence-electron chi connectivity index (χ0n) is 19.4. The zero-order chi connectivity index (χ0) is 23.2. The number of aromatic nitrogens is 2. The molecule has 1 amide bonds. The van der Waals surface area contributed by atoms with Gasteiger partial charge in [-0.1, -0.05) is 42.6 Å². The van der Waals surface area contributed by atoms with Crippen LogP contribution < -0.4 is 14.5 Å². The van der Waals surface area contributed by atoms with Crippen LogP contribution in [0.4, 0.5) is 11.5 Å². The van der Waals surface area contributed by atoms with Gasteiger partial charge < -0.3 is 19.4 Å². The number of hydrogen-bond donors (Lipinski definition) is 0. The van der Waals surface area contributed by atoms with Crippen molar-refractivity contribution >= 4 is 40.8 Å². The SMILES string of the molecule is COc1ccc(N2CCN(C(=O)CSc3nc(Cl)cc(N(C)C4CCCCC4)n3)CC2)cc1. The number of methoxy groups -OCH3 is 1. The number of ether oxygens (including phenoxy) is 1. The fraction of sp³-hybridized carbons (Fsp3) is 0.542. The summed E-state index contributed by atoms with van der Waals surface area (Å²) >= 11 is 7.65. The highest BCUT2D eigenvalue weighted by Crippen LogP contribution is 2.28. The molecule has 1 aromatic carbocycles. The van der Waals surface area contributed by atoms with E-state index in [-0.39, 0.29) is 5.91 Å². The Bertz CT molecular complexity index is 931. The van der Waals surface area contributed by atoms with Gasteiger partial charge in [0.1, 0.15) is 16.7 Å². The number of carbonyl (C=O) groups is 1. The largest absolute Gasteiger partial charge is 0.497 e. The predicted molar refractivity (Wildman–Crippen MR) is 135 cm³/mol. The van der Waals surface area contributed by atoms with E-state index < -0.39 is 0 Å². The van der Waals surface area contributed by atoms with E-state index in [4.69, 9.17) is 21.3 Å². The second-order valence-electron chi connectivity index (χ2n) is 8.59. The van der Waals surface area contributed by atoms with E-state index in [1.807, 2.05) is 23.1 Å². The van der Waals surface area contributed by atoms with Gasteiger partial charge in [-0.25, -0.2) is 9.97 Å². The van der Waals surface area contributed by atoms with E-state index in [1.165, 1.54) is 43.9 Å². The number of anilines is 2. The van der Waals surface area contributed by atoms with E-state index in [0.29, 0.717) is 35.2 Å². The predicted octanol–water partition coefficient (Wildman–Crippen LogP) is 4.35. The summed E-state index contributed by atoms with van der Waals surface area (Å²) in [5, 5.41) is 0.982. The summed E-state index contributed by atoms with van der Waals surface area (Å²) in [4.78, 5) is 28.3. The minimum atomic E-state index is 0.111. The van der Waals surface area contributed by atoms with Crippen LogP contribution in [-0.4, -0.2) is 72.9 Å². The average Bonchev–Trinajstić information content (AvgIpc) is 2.87. The summed E-state index contributed by atoms with van der Waals surface area (Å²) in [7, 11) is 3.75. The normalized spacial score (nSPS) is 17.2. The Kier molecular flexibility index (Phi) is 8.20. The summed E-state index contributed by atoms with van der Waals surface area (Å²) in [5.41, 5.74) is 1.15. The molecule has 1 aromatic heterocycles. The monoisotopic (exact) mass is 489 g/mol. The van der Waals surface area contributed by atoms with Gasteiger partial charge in [-0.2, -0.15) is 0 Å². The lowest BCUT2D eigenvalue weighted by Crippen LogP contribution is -2.49. The Hall–Kier alpha value is -2.19. The number of halogens is 1. The Balaban J connectivity index is 1.29. The smallest absolute Gasteiger partial charge is 0.233 e. The molecule has 0 spiro atoms. The maximum Gasteiger partial charge on any atom is 0.233 e. The lowest BCUT2D eigenvalue weighted by molar-refractivity contribution is -0.128. The van der Waals surface area contributed by atoms with Crippen LogP contribution in [0.3, 0.4) is 0 Å². The van der Waals surface area contributed by atoms with Gasteiger partial charge in [0, 0.05) is 51.0 Å². The van der Waals surface area contributed by atoms with Crippen LogP contribution in [-0.2, 0) is 4.79 Å². The summed E-state index contributed by atoms with van der Waals surface area (Å²) in [6, 6.07) is 10.4. The highest BCUT2D eigenvalue weighted by Gasteiger charge is 2.23. The second-order valence-corrected chi connectivity index (χ2v) is 9.92. The molecule has 178 valence electrons. The second kappa shape index (κ2) is 11.3. The minimum absolute atomic E-state index is 0.111. The molecule has 33 heavy (non-hydrogen) atoms. The Labute approximate surface area is 205 Å². The number of amides is 1. The number of carbonyl (C=O) groups excluding carboxylic acids is 1. The molecule has 2 heterocycles. The molecule has 4 rings (SSSR count). The van der Waals surface area contributed by atoms with Gasteiger partial charge >= 0.3 is 0 Å². The molecule has 2 aliphatic rings. The van der Waals surface area contributed by atoms with E-state index in [9.17, 15) is 4.79 Å². The van der Waals surface area contributed by atoms with E-state index >= 15 is 0 Å². The third kappa shape index (κ3) is 6.23. The first kappa shape index (κ1) is 24.0. The molecule has 1 saturated carbocycles. The minimum Gasteiger partial charge on any atom is -0.497 e. The number of hydrogen-bond acceptors (Lipinski definition) is 7. The van der Waals surface area contributed by atoms with Crippen molar-refractivity contribution in [2.45, 2.75) is 43.3 Å². The number of nitrogens with zero attached hydrogens (tertiary/aromatic N) is 5. The maximum atomic E-state index is 12.8. The Morgan fingerprint density at radius 3 is 2.48 bits per heavy atom. The van der Waals surface area contributed by atoms with Crippen molar-refractivity contribution in [2.75, 3.05) is 55.9 Å². The lowest BCUT2D eigenvalue weighted by atomic mass is 9.94. The average molecular weight is 490 g/mol. The summed E-state index contributed by atoms with van der Waals surface area (Å²) in [6.45, 7) is 3.04. The van der Waals surface area contributed by atoms with Crippen LogP contribution in [0.15, 0.2) is 35.5 Å². The van der Waals surface area contributed by atoms with Crippen molar-refractivity contribution in [3.63, 3.8) is 0 Å². The molecule has 7 nitrogen and oxygen atoms in total. The molecule has 1 aliphatic carbocycles. The van der Waals surface area contributed by atoms with Crippen molar-refractivity contribution in [1.82, 2.24) is 14.9 Å². The number of benzene rings is 1. The van der Waals surface area contributed by atoms with Gasteiger partial charge in [0.2, 0.25) is 5.91 Å². The first-order chi connectivity index (χ1) is 16.0. The third-order valence-electron chi connectivity index (χ3n) is 6.54. The summed E-state index contributed by atoms with van der Waals surface area (Å²) < 4.78 is 5.23. The van der Waals surface area contributed by atoms with Crippen molar-refractivity contribution < 1.29 is 9.53 Å². The molecular weight excluding hydrogens is 458 g/mol. The van der Waals surface area contributed by atoms with Crippen molar-refractivity contribution in [1.29, 1.82) is 0 Å². The molecule has 2 aromatic rings. The van der Waals surface area contributed by atoms with Crippen LogP contribution in [0.2, 0.25) is 5.15 Å². The molecular formula is C24H32ClN5O2S. The van der Waals surface area contributed by atoms with Gasteiger partial charge in [-0.05, 0) is 37.1 Å². The zero-order valence-corrected chi connectivity index (χ0v) is 20.9. The van der Waals surface area contributed by atoms with Gasteiger partial charge in [0.15, 0.2) is 5.16 Å². The van der Waals surface area contributed by atoms with Crippen LogP contribution >= 0.6 is 23.4 Å². The quantitative estimate of drug-likeness (QED) is 0.325. The van der Waals surface area contributed by atoms with Crippen LogP contribution in [0.25, 0.3) is 0 Å². The number of thioether (sulfide) groups is 1.